The Hall–Kier alpha value is -1.93. The van der Waals surface area contributed by atoms with Crippen LogP contribution in [0, 0.1) is 0 Å². The van der Waals surface area contributed by atoms with Crippen molar-refractivity contribution in [2.24, 2.45) is 0 Å². The lowest BCUT2D eigenvalue weighted by Crippen LogP contribution is -2.47. The van der Waals surface area contributed by atoms with Crippen molar-refractivity contribution in [2.45, 2.75) is 25.3 Å². The normalized spacial score (nSPS) is 22.5. The van der Waals surface area contributed by atoms with Gasteiger partial charge in [-0.3, -0.25) is 19.2 Å². The fraction of sp³-hybridized carbons (Fsp3) is 0.688. The second-order valence-electron chi connectivity index (χ2n) is 6.40. The lowest BCUT2D eigenvalue weighted by molar-refractivity contribution is -0.138. The van der Waals surface area contributed by atoms with E-state index in [1.54, 1.807) is 6.20 Å². The van der Waals surface area contributed by atoms with Gasteiger partial charge in [-0.05, 0) is 25.5 Å². The minimum absolute atomic E-state index is 0.119. The molecule has 2 fully saturated rings. The van der Waals surface area contributed by atoms with Gasteiger partial charge >= 0.3 is 5.97 Å². The van der Waals surface area contributed by atoms with Gasteiger partial charge in [-0.2, -0.15) is 5.10 Å². The molecular weight excluding hydrogens is 312 g/mol. The standard InChI is InChI=1S/C16H24N4O4/c21-15(19-6-8-24-9-7-19)11-18-4-1-2-13(10-18)14-3-5-20(17-14)12-16(22)23/h3,5,13H,1-2,4,6-12H2,(H,22,23)/t13-/m1/s1. The number of hydrogen-bond donors (Lipinski definition) is 1. The number of ether oxygens (including phenoxy) is 1. The van der Waals surface area contributed by atoms with Crippen molar-refractivity contribution in [2.75, 3.05) is 45.9 Å². The highest BCUT2D eigenvalue weighted by Crippen LogP contribution is 2.25. The molecule has 0 unspecified atom stereocenters. The number of carbonyl (C=O) groups is 2. The molecule has 1 aromatic rings. The third kappa shape index (κ3) is 4.33. The maximum Gasteiger partial charge on any atom is 0.325 e. The number of nitrogens with zero attached hydrogens (tertiary/aromatic N) is 4. The molecule has 0 saturated carbocycles. The molecule has 0 aromatic carbocycles. The average molecular weight is 336 g/mol. The monoisotopic (exact) mass is 336 g/mol. The highest BCUT2D eigenvalue weighted by molar-refractivity contribution is 5.78. The summed E-state index contributed by atoms with van der Waals surface area (Å²) in [6.45, 7) is 4.62. The SMILES string of the molecule is O=C(O)Cn1ccc([C@@H]2CCCN(CC(=O)N3CCOCC3)C2)n1. The molecule has 0 spiro atoms. The van der Waals surface area contributed by atoms with Crippen molar-refractivity contribution in [1.82, 2.24) is 19.6 Å². The van der Waals surface area contributed by atoms with E-state index in [-0.39, 0.29) is 18.4 Å². The maximum absolute atomic E-state index is 12.4. The summed E-state index contributed by atoms with van der Waals surface area (Å²) in [6.07, 6.45) is 3.75. The zero-order chi connectivity index (χ0) is 16.9. The van der Waals surface area contributed by atoms with Crippen molar-refractivity contribution in [3.05, 3.63) is 18.0 Å². The quantitative estimate of drug-likeness (QED) is 0.815. The number of aliphatic carboxylic acids is 1. The minimum Gasteiger partial charge on any atom is -0.480 e. The summed E-state index contributed by atoms with van der Waals surface area (Å²) in [5, 5.41) is 13.2. The first-order valence-corrected chi connectivity index (χ1v) is 8.45. The number of morpholine rings is 1. The van der Waals surface area contributed by atoms with Crippen LogP contribution in [0.3, 0.4) is 0 Å². The predicted octanol–water partition coefficient (Wildman–Crippen LogP) is 0.00590. The molecule has 8 heteroatoms. The average Bonchev–Trinajstić information content (AvgIpc) is 3.03. The van der Waals surface area contributed by atoms with Crippen molar-refractivity contribution < 1.29 is 19.4 Å². The van der Waals surface area contributed by atoms with Crippen LogP contribution in [0.5, 0.6) is 0 Å². The number of piperidine rings is 1. The van der Waals surface area contributed by atoms with Crippen LogP contribution in [0.1, 0.15) is 24.5 Å². The number of carboxylic acid groups (broad SMARTS) is 1. The van der Waals surface area contributed by atoms with Gasteiger partial charge in [-0.15, -0.1) is 0 Å². The number of carbonyl (C=O) groups excluding carboxylic acids is 1. The summed E-state index contributed by atoms with van der Waals surface area (Å²) in [6, 6.07) is 1.89. The Morgan fingerprint density at radius 2 is 2.04 bits per heavy atom. The third-order valence-corrected chi connectivity index (χ3v) is 4.60. The van der Waals surface area contributed by atoms with Gasteiger partial charge in [0.2, 0.25) is 5.91 Å². The van der Waals surface area contributed by atoms with E-state index in [4.69, 9.17) is 9.84 Å². The first-order valence-electron chi connectivity index (χ1n) is 8.45. The Morgan fingerprint density at radius 3 is 2.79 bits per heavy atom. The molecule has 1 aromatic heterocycles. The first kappa shape index (κ1) is 16.9. The molecule has 3 heterocycles. The summed E-state index contributed by atoms with van der Waals surface area (Å²) in [5.41, 5.74) is 0.916. The molecule has 2 aliphatic heterocycles. The fourth-order valence-electron chi connectivity index (χ4n) is 3.37. The molecule has 1 N–H and O–H groups in total. The van der Waals surface area contributed by atoms with Gasteiger partial charge in [0.15, 0.2) is 0 Å². The number of amides is 1. The van der Waals surface area contributed by atoms with Gasteiger partial charge in [0.1, 0.15) is 6.54 Å². The lowest BCUT2D eigenvalue weighted by Gasteiger charge is -2.34. The van der Waals surface area contributed by atoms with Crippen LogP contribution in [0.25, 0.3) is 0 Å². The van der Waals surface area contributed by atoms with Crippen LogP contribution in [0.2, 0.25) is 0 Å². The molecule has 0 aliphatic carbocycles. The molecule has 0 radical (unpaired) electrons. The highest BCUT2D eigenvalue weighted by atomic mass is 16.5. The maximum atomic E-state index is 12.4. The van der Waals surface area contributed by atoms with Crippen LogP contribution < -0.4 is 0 Å². The van der Waals surface area contributed by atoms with Crippen LogP contribution in [0.15, 0.2) is 12.3 Å². The molecule has 2 saturated heterocycles. The molecule has 24 heavy (non-hydrogen) atoms. The van der Waals surface area contributed by atoms with Crippen LogP contribution in [-0.2, 0) is 20.9 Å². The molecule has 8 nitrogen and oxygen atoms in total. The van der Waals surface area contributed by atoms with Crippen LogP contribution in [0.4, 0.5) is 0 Å². The highest BCUT2D eigenvalue weighted by Gasteiger charge is 2.26. The second kappa shape index (κ2) is 7.76. The van der Waals surface area contributed by atoms with Crippen molar-refractivity contribution >= 4 is 11.9 Å². The van der Waals surface area contributed by atoms with Gasteiger partial charge in [-0.25, -0.2) is 0 Å². The molecule has 1 atom stereocenters. The lowest BCUT2D eigenvalue weighted by atomic mass is 9.95. The smallest absolute Gasteiger partial charge is 0.325 e. The third-order valence-electron chi connectivity index (χ3n) is 4.60. The summed E-state index contributed by atoms with van der Waals surface area (Å²) < 4.78 is 6.74. The Balaban J connectivity index is 1.54. The zero-order valence-corrected chi connectivity index (χ0v) is 13.8. The van der Waals surface area contributed by atoms with E-state index in [1.807, 2.05) is 11.0 Å². The Kier molecular flexibility index (Phi) is 5.47. The summed E-state index contributed by atoms with van der Waals surface area (Å²) in [4.78, 5) is 27.2. The van der Waals surface area contributed by atoms with Crippen LogP contribution in [-0.4, -0.2) is 82.5 Å². The molecular formula is C16H24N4O4. The van der Waals surface area contributed by atoms with Gasteiger partial charge in [0, 0.05) is 31.7 Å². The second-order valence-corrected chi connectivity index (χ2v) is 6.40. The van der Waals surface area contributed by atoms with E-state index in [0.717, 1.165) is 31.6 Å². The van der Waals surface area contributed by atoms with Gasteiger partial charge in [0.25, 0.3) is 0 Å². The topological polar surface area (TPSA) is 87.9 Å². The van der Waals surface area contributed by atoms with Gasteiger partial charge in [-0.1, -0.05) is 0 Å². The van der Waals surface area contributed by atoms with E-state index in [9.17, 15) is 9.59 Å². The Bertz CT molecular complexity index is 582. The molecule has 0 bridgehead atoms. The Morgan fingerprint density at radius 1 is 1.25 bits per heavy atom. The number of rotatable bonds is 5. The summed E-state index contributed by atoms with van der Waals surface area (Å²) >= 11 is 0. The molecule has 3 rings (SSSR count). The molecule has 2 aliphatic rings. The van der Waals surface area contributed by atoms with Gasteiger partial charge in [0.05, 0.1) is 25.5 Å². The molecule has 1 amide bonds. The number of aromatic nitrogens is 2. The minimum atomic E-state index is -0.897. The number of hydrogen-bond acceptors (Lipinski definition) is 5. The van der Waals surface area contributed by atoms with Crippen molar-refractivity contribution in [3.63, 3.8) is 0 Å². The Labute approximate surface area is 141 Å². The predicted molar refractivity (Wildman–Crippen MR) is 85.7 cm³/mol. The van der Waals surface area contributed by atoms with Crippen molar-refractivity contribution in [3.8, 4) is 0 Å². The summed E-state index contributed by atoms with van der Waals surface area (Å²) in [5.74, 6) is -0.479. The van der Waals surface area contributed by atoms with E-state index in [0.29, 0.717) is 32.8 Å². The fourth-order valence-corrected chi connectivity index (χ4v) is 3.37. The summed E-state index contributed by atoms with van der Waals surface area (Å²) in [7, 11) is 0. The van der Waals surface area contributed by atoms with E-state index in [1.165, 1.54) is 4.68 Å². The van der Waals surface area contributed by atoms with E-state index in [2.05, 4.69) is 10.00 Å². The van der Waals surface area contributed by atoms with Crippen molar-refractivity contribution in [1.29, 1.82) is 0 Å². The molecule has 132 valence electrons. The largest absolute Gasteiger partial charge is 0.480 e. The van der Waals surface area contributed by atoms with E-state index < -0.39 is 5.97 Å². The number of carboxylic acids is 1. The zero-order valence-electron chi connectivity index (χ0n) is 13.8. The van der Waals surface area contributed by atoms with E-state index >= 15 is 0 Å². The van der Waals surface area contributed by atoms with Crippen LogP contribution >= 0.6 is 0 Å². The van der Waals surface area contributed by atoms with Gasteiger partial charge < -0.3 is 14.7 Å². The first-order chi connectivity index (χ1) is 11.6. The number of likely N-dealkylation sites (tertiary alicyclic amines) is 1.